The van der Waals surface area contributed by atoms with Gasteiger partial charge in [-0.05, 0) is 31.7 Å². The van der Waals surface area contributed by atoms with E-state index < -0.39 is 35.8 Å². The van der Waals surface area contributed by atoms with Crippen molar-refractivity contribution in [1.82, 2.24) is 53.7 Å². The van der Waals surface area contributed by atoms with Gasteiger partial charge in [0.2, 0.25) is 11.7 Å². The first-order valence-electron chi connectivity index (χ1n) is 18.4. The number of carbonyl (C=O) groups excluding carboxylic acids is 6. The lowest BCUT2D eigenvalue weighted by Crippen LogP contribution is -2.44. The molecule has 310 valence electrons. The van der Waals surface area contributed by atoms with E-state index in [1.165, 1.54) is 23.0 Å². The maximum atomic E-state index is 13.2. The lowest BCUT2D eigenvalue weighted by Gasteiger charge is -2.17. The van der Waals surface area contributed by atoms with Crippen LogP contribution in [0.1, 0.15) is 48.6 Å². The third kappa shape index (κ3) is 9.56. The molecule has 0 fully saturated rings. The summed E-state index contributed by atoms with van der Waals surface area (Å²) >= 11 is 0. The average molecular weight is 811 g/mol. The molecule has 6 rings (SSSR count). The first kappa shape index (κ1) is 41.2. The number of rotatable bonds is 15. The zero-order valence-corrected chi connectivity index (χ0v) is 33.5. The number of aliphatic imine (C=N–C) groups is 1. The summed E-state index contributed by atoms with van der Waals surface area (Å²) in [5.74, 6) is -2.24. The van der Waals surface area contributed by atoms with E-state index in [4.69, 9.17) is 0 Å². The van der Waals surface area contributed by atoms with Gasteiger partial charge in [0.1, 0.15) is 17.6 Å². The minimum Gasteiger partial charge on any atom is -0.355 e. The van der Waals surface area contributed by atoms with Crippen LogP contribution in [0.5, 0.6) is 0 Å². The molecule has 0 bridgehead atoms. The number of aromatic nitrogens is 7. The monoisotopic (exact) mass is 810 g/mol. The summed E-state index contributed by atoms with van der Waals surface area (Å²) in [5.41, 5.74) is 2.05. The summed E-state index contributed by atoms with van der Waals surface area (Å²) < 4.78 is 8.00. The Morgan fingerprint density at radius 2 is 1.37 bits per heavy atom. The lowest BCUT2D eigenvalue weighted by atomic mass is 10.2. The van der Waals surface area contributed by atoms with Crippen LogP contribution >= 0.6 is 0 Å². The molecule has 1 aliphatic rings. The lowest BCUT2D eigenvalue weighted by molar-refractivity contribution is -0.119. The maximum absolute atomic E-state index is 13.2. The average Bonchev–Trinajstić information content (AvgIpc) is 4.04. The quantitative estimate of drug-likeness (QED) is 0.0749. The van der Waals surface area contributed by atoms with E-state index in [9.17, 15) is 28.8 Å². The second kappa shape index (κ2) is 17.3. The summed E-state index contributed by atoms with van der Waals surface area (Å²) in [4.78, 5) is 92.1. The number of nitrogens with one attached hydrogen (secondary N) is 7. The molecule has 7 N–H and O–H groups in total. The zero-order chi connectivity index (χ0) is 42.5. The molecule has 0 saturated carbocycles. The predicted molar refractivity (Wildman–Crippen MR) is 217 cm³/mol. The van der Waals surface area contributed by atoms with Crippen LogP contribution in [-0.4, -0.2) is 118 Å². The van der Waals surface area contributed by atoms with Gasteiger partial charge in [-0.15, -0.1) is 0 Å². The summed E-state index contributed by atoms with van der Waals surface area (Å²) in [6, 6.07) is 4.17. The fourth-order valence-corrected chi connectivity index (χ4v) is 6.38. The van der Waals surface area contributed by atoms with Gasteiger partial charge < -0.3 is 65.0 Å². The van der Waals surface area contributed by atoms with Crippen LogP contribution in [0, 0.1) is 0 Å². The zero-order valence-electron chi connectivity index (χ0n) is 33.5. The molecule has 5 aromatic rings. The number of carbonyl (C=O) groups is 6. The van der Waals surface area contributed by atoms with E-state index in [1.807, 2.05) is 17.8 Å². The molecule has 0 aliphatic carbocycles. The molecule has 0 saturated heterocycles. The highest BCUT2D eigenvalue weighted by Gasteiger charge is 2.30. The highest BCUT2D eigenvalue weighted by molar-refractivity contribution is 6.38. The molecule has 0 spiro atoms. The molecule has 59 heavy (non-hydrogen) atoms. The standard InChI is InChI=1S/C37H46N16O6/c1-38-24(32(54)42-22-14-26(50(4)17-22)34(56)43-23-15-25(51(5)18-23)33(55)41-21-9-12-48(2)16-21)8-10-40-35(57)30-44-27(19-52(30)6)47-37(59)31-45-28(20-53(31)7)46-36(58)29-39-11-13-49(29)3/h9,11-18,20,24,27,38H,8,10,19H2,1-7H3,(H,40,57)(H,41,55)(H,42,54)(H,43,56)(H,46,58)(H,47,59). The summed E-state index contributed by atoms with van der Waals surface area (Å²) in [7, 11) is 11.8. The van der Waals surface area contributed by atoms with Crippen LogP contribution < -0.4 is 37.2 Å². The fourth-order valence-electron chi connectivity index (χ4n) is 6.38. The molecule has 22 nitrogen and oxygen atoms in total. The molecule has 6 heterocycles. The molecule has 6 amide bonds. The van der Waals surface area contributed by atoms with Crippen molar-refractivity contribution in [2.24, 2.45) is 40.2 Å². The molecule has 2 unspecified atom stereocenters. The SMILES string of the molecule is CNC(CCNC(=O)C1=NC(NC(=O)c2nc(NC(=O)c3nccn3C)cn2C)CN1C)C(=O)Nc1cc(C(=O)Nc2cc(C(=O)Nc3ccn(C)c3)n(C)c2)n(C)c1. The molecular formula is C37H46N16O6. The van der Waals surface area contributed by atoms with Crippen molar-refractivity contribution in [3.63, 3.8) is 0 Å². The second-order valence-corrected chi connectivity index (χ2v) is 14.0. The molecule has 5 aromatic heterocycles. The van der Waals surface area contributed by atoms with Gasteiger partial charge in [0.15, 0.2) is 17.5 Å². The van der Waals surface area contributed by atoms with Crippen molar-refractivity contribution in [3.8, 4) is 0 Å². The van der Waals surface area contributed by atoms with Crippen molar-refractivity contribution >= 4 is 64.2 Å². The van der Waals surface area contributed by atoms with Gasteiger partial charge in [0, 0.05) is 92.2 Å². The number of aryl methyl sites for hydroxylation is 5. The first-order valence-corrected chi connectivity index (χ1v) is 18.4. The molecule has 1 aliphatic heterocycles. The van der Waals surface area contributed by atoms with Gasteiger partial charge in [-0.3, -0.25) is 28.8 Å². The Balaban J connectivity index is 0.969. The molecule has 0 aromatic carbocycles. The van der Waals surface area contributed by atoms with Crippen molar-refractivity contribution in [1.29, 1.82) is 0 Å². The highest BCUT2D eigenvalue weighted by Crippen LogP contribution is 2.19. The minimum atomic E-state index is -0.749. The van der Waals surface area contributed by atoms with Gasteiger partial charge in [-0.1, -0.05) is 0 Å². The fraction of sp³-hybridized carbons (Fsp3) is 0.324. The Labute approximate surface area is 338 Å². The number of anilines is 4. The van der Waals surface area contributed by atoms with Gasteiger partial charge in [0.05, 0.1) is 29.6 Å². The van der Waals surface area contributed by atoms with Crippen LogP contribution in [0.4, 0.5) is 22.9 Å². The summed E-state index contributed by atoms with van der Waals surface area (Å²) in [6.45, 7) is 0.338. The van der Waals surface area contributed by atoms with Crippen LogP contribution in [0.3, 0.4) is 0 Å². The van der Waals surface area contributed by atoms with Gasteiger partial charge in [-0.25, -0.2) is 15.0 Å². The number of hydrogen-bond donors (Lipinski definition) is 7. The molecular weight excluding hydrogens is 765 g/mol. The van der Waals surface area contributed by atoms with Gasteiger partial charge >= 0.3 is 0 Å². The number of imidazole rings is 2. The van der Waals surface area contributed by atoms with Crippen molar-refractivity contribution in [2.45, 2.75) is 18.6 Å². The predicted octanol–water partition coefficient (Wildman–Crippen LogP) is 0.0588. The van der Waals surface area contributed by atoms with Crippen LogP contribution in [0.2, 0.25) is 0 Å². The Morgan fingerprint density at radius 1 is 0.712 bits per heavy atom. The Bertz CT molecular complexity index is 2450. The Morgan fingerprint density at radius 3 is 1.98 bits per heavy atom. The number of amides is 6. The molecule has 2 atom stereocenters. The highest BCUT2D eigenvalue weighted by atomic mass is 16.2. The summed E-state index contributed by atoms with van der Waals surface area (Å²) in [6.07, 6.45) is 10.9. The van der Waals surface area contributed by atoms with E-state index >= 15 is 0 Å². The first-order chi connectivity index (χ1) is 28.1. The van der Waals surface area contributed by atoms with E-state index in [0.29, 0.717) is 22.8 Å². The second-order valence-electron chi connectivity index (χ2n) is 14.0. The van der Waals surface area contributed by atoms with Gasteiger partial charge in [0.25, 0.3) is 29.5 Å². The smallest absolute Gasteiger partial charge is 0.292 e. The normalized spacial score (nSPS) is 14.1. The molecule has 22 heteroatoms. The van der Waals surface area contributed by atoms with Crippen molar-refractivity contribution in [3.05, 3.63) is 84.6 Å². The number of nitrogens with zero attached hydrogens (tertiary/aromatic N) is 9. The summed E-state index contributed by atoms with van der Waals surface area (Å²) in [5, 5.41) is 19.5. The topological polar surface area (TPSA) is 253 Å². The number of likely N-dealkylation sites (N-methyl/N-ethyl adjacent to an activating group) is 2. The van der Waals surface area contributed by atoms with E-state index in [0.717, 1.165) is 0 Å². The largest absolute Gasteiger partial charge is 0.355 e. The Hall–Kier alpha value is -7.49. The third-order valence-corrected chi connectivity index (χ3v) is 9.41. The van der Waals surface area contributed by atoms with Crippen LogP contribution in [0.25, 0.3) is 0 Å². The number of hydrogen-bond acceptors (Lipinski definition) is 11. The minimum absolute atomic E-state index is 0.0231. The van der Waals surface area contributed by atoms with Crippen LogP contribution in [-0.2, 0) is 44.8 Å². The molecule has 0 radical (unpaired) electrons. The van der Waals surface area contributed by atoms with Crippen molar-refractivity contribution < 1.29 is 28.8 Å². The van der Waals surface area contributed by atoms with E-state index in [1.54, 1.807) is 97.8 Å². The van der Waals surface area contributed by atoms with Gasteiger partial charge in [-0.2, -0.15) is 0 Å². The maximum Gasteiger partial charge on any atom is 0.292 e. The van der Waals surface area contributed by atoms with E-state index in [-0.39, 0.29) is 60.3 Å². The number of amidine groups is 1. The van der Waals surface area contributed by atoms with E-state index in [2.05, 4.69) is 52.2 Å². The van der Waals surface area contributed by atoms with Crippen LogP contribution in [0.15, 0.2) is 66.6 Å². The Kier molecular flexibility index (Phi) is 12.1. The van der Waals surface area contributed by atoms with Crippen molar-refractivity contribution in [2.75, 3.05) is 48.5 Å². The third-order valence-electron chi connectivity index (χ3n) is 9.41.